The van der Waals surface area contributed by atoms with E-state index < -0.39 is 66.4 Å². The van der Waals surface area contributed by atoms with E-state index >= 15 is 0 Å². The molecule has 44 heavy (non-hydrogen) atoms. The topological polar surface area (TPSA) is 158 Å². The maximum atomic E-state index is 14.2. The van der Waals surface area contributed by atoms with E-state index in [9.17, 15) is 29.5 Å². The number of nitriles is 1. The molecule has 0 bridgehead atoms. The van der Waals surface area contributed by atoms with Crippen molar-refractivity contribution in [2.24, 2.45) is 0 Å². The van der Waals surface area contributed by atoms with Crippen LogP contribution in [0.2, 0.25) is 0 Å². The molecule has 3 amide bonds. The third-order valence-corrected chi connectivity index (χ3v) is 6.27. The molecule has 238 valence electrons. The second kappa shape index (κ2) is 15.3. The summed E-state index contributed by atoms with van der Waals surface area (Å²) >= 11 is 0. The van der Waals surface area contributed by atoms with E-state index in [1.165, 1.54) is 0 Å². The van der Waals surface area contributed by atoms with Gasteiger partial charge in [-0.3, -0.25) is 9.59 Å². The Hall–Kier alpha value is -4.43. The SMILES string of the molecule is Cc1ccc(C(C(=O)NC(Cc2ccccc2)C(=O)OC(C)(C)C)N(CC#N)C(=O)C(CO)NC(=O)OC(C)(C)C)c(C)c1. The van der Waals surface area contributed by atoms with Crippen molar-refractivity contribution in [3.05, 3.63) is 70.8 Å². The molecule has 11 nitrogen and oxygen atoms in total. The molecule has 11 heteroatoms. The fraction of sp³-hybridized carbons (Fsp3) is 0.485. The molecule has 0 aliphatic heterocycles. The summed E-state index contributed by atoms with van der Waals surface area (Å²) in [7, 11) is 0. The number of nitrogens with zero attached hydrogens (tertiary/aromatic N) is 2. The molecule has 0 spiro atoms. The molecule has 0 saturated carbocycles. The van der Waals surface area contributed by atoms with Crippen LogP contribution in [0.1, 0.15) is 69.8 Å². The molecular formula is C33H44N4O7. The van der Waals surface area contributed by atoms with Gasteiger partial charge in [0, 0.05) is 6.42 Å². The largest absolute Gasteiger partial charge is 0.458 e. The van der Waals surface area contributed by atoms with E-state index in [0.29, 0.717) is 11.1 Å². The van der Waals surface area contributed by atoms with Crippen LogP contribution < -0.4 is 10.6 Å². The van der Waals surface area contributed by atoms with Gasteiger partial charge in [0.1, 0.15) is 35.9 Å². The molecule has 3 N–H and O–H groups in total. The fourth-order valence-electron chi connectivity index (χ4n) is 4.46. The summed E-state index contributed by atoms with van der Waals surface area (Å²) in [4.78, 5) is 54.8. The van der Waals surface area contributed by atoms with Gasteiger partial charge < -0.3 is 30.1 Å². The van der Waals surface area contributed by atoms with Crippen LogP contribution in [0, 0.1) is 25.2 Å². The monoisotopic (exact) mass is 608 g/mol. The first-order valence-corrected chi connectivity index (χ1v) is 14.4. The summed E-state index contributed by atoms with van der Waals surface area (Å²) in [5.74, 6) is -2.31. The number of hydrogen-bond acceptors (Lipinski definition) is 8. The van der Waals surface area contributed by atoms with E-state index in [4.69, 9.17) is 9.47 Å². The van der Waals surface area contributed by atoms with Crippen LogP contribution in [0.25, 0.3) is 0 Å². The van der Waals surface area contributed by atoms with Crippen LogP contribution in [-0.2, 0) is 30.3 Å². The number of benzene rings is 2. The zero-order valence-corrected chi connectivity index (χ0v) is 26.8. The average molecular weight is 609 g/mol. The van der Waals surface area contributed by atoms with E-state index in [0.717, 1.165) is 16.0 Å². The first kappa shape index (κ1) is 35.8. The van der Waals surface area contributed by atoms with Crippen LogP contribution >= 0.6 is 0 Å². The number of nitrogens with one attached hydrogen (secondary N) is 2. The molecule has 0 aliphatic carbocycles. The Kier molecular flexibility index (Phi) is 12.5. The van der Waals surface area contributed by atoms with Gasteiger partial charge in [-0.1, -0.05) is 54.1 Å². The quantitative estimate of drug-likeness (QED) is 0.258. The molecule has 3 unspecified atom stereocenters. The number of carbonyl (C=O) groups excluding carboxylic acids is 4. The summed E-state index contributed by atoms with van der Waals surface area (Å²) in [6, 6.07) is 12.2. The van der Waals surface area contributed by atoms with E-state index in [1.54, 1.807) is 60.6 Å². The van der Waals surface area contributed by atoms with Crippen LogP contribution in [0.4, 0.5) is 4.79 Å². The van der Waals surface area contributed by atoms with Crippen molar-refractivity contribution < 1.29 is 33.8 Å². The first-order valence-electron chi connectivity index (χ1n) is 14.4. The minimum Gasteiger partial charge on any atom is -0.458 e. The fourth-order valence-corrected chi connectivity index (χ4v) is 4.46. The van der Waals surface area contributed by atoms with Crippen molar-refractivity contribution >= 4 is 23.9 Å². The van der Waals surface area contributed by atoms with Gasteiger partial charge in [-0.25, -0.2) is 9.59 Å². The highest BCUT2D eigenvalue weighted by Gasteiger charge is 2.38. The second-order valence-corrected chi connectivity index (χ2v) is 12.6. The number of aliphatic hydroxyl groups excluding tert-OH is 1. The number of aliphatic hydroxyl groups is 1. The van der Waals surface area contributed by atoms with Crippen LogP contribution in [0.15, 0.2) is 48.5 Å². The zero-order valence-electron chi connectivity index (χ0n) is 26.8. The maximum absolute atomic E-state index is 14.2. The molecule has 0 aliphatic rings. The third kappa shape index (κ3) is 11.0. The highest BCUT2D eigenvalue weighted by molar-refractivity contribution is 5.94. The Balaban J connectivity index is 2.58. The highest BCUT2D eigenvalue weighted by atomic mass is 16.6. The van der Waals surface area contributed by atoms with Gasteiger partial charge in [0.15, 0.2) is 0 Å². The third-order valence-electron chi connectivity index (χ3n) is 6.27. The lowest BCUT2D eigenvalue weighted by molar-refractivity contribution is -0.159. The van der Waals surface area contributed by atoms with Gasteiger partial charge in [-0.15, -0.1) is 0 Å². The molecule has 0 fully saturated rings. The lowest BCUT2D eigenvalue weighted by Crippen LogP contribution is -2.56. The van der Waals surface area contributed by atoms with Crippen molar-refractivity contribution in [1.82, 2.24) is 15.5 Å². The summed E-state index contributed by atoms with van der Waals surface area (Å²) in [5, 5.41) is 24.9. The predicted molar refractivity (Wildman–Crippen MR) is 164 cm³/mol. The molecule has 0 heterocycles. The van der Waals surface area contributed by atoms with Crippen LogP contribution in [-0.4, -0.2) is 70.3 Å². The molecular weight excluding hydrogens is 564 g/mol. The van der Waals surface area contributed by atoms with Crippen molar-refractivity contribution in [3.63, 3.8) is 0 Å². The van der Waals surface area contributed by atoms with Gasteiger partial charge in [-0.2, -0.15) is 5.26 Å². The molecule has 0 radical (unpaired) electrons. The second-order valence-electron chi connectivity index (χ2n) is 12.6. The number of amides is 3. The van der Waals surface area contributed by atoms with Crippen molar-refractivity contribution in [1.29, 1.82) is 5.26 Å². The number of aryl methyl sites for hydroxylation is 2. The zero-order chi connectivity index (χ0) is 33.2. The Bertz CT molecular complexity index is 1360. The van der Waals surface area contributed by atoms with Gasteiger partial charge >= 0.3 is 12.1 Å². The van der Waals surface area contributed by atoms with Crippen molar-refractivity contribution in [2.75, 3.05) is 13.2 Å². The normalized spacial score (nSPS) is 13.5. The van der Waals surface area contributed by atoms with E-state index in [1.807, 2.05) is 49.4 Å². The number of hydrogen-bond donors (Lipinski definition) is 3. The van der Waals surface area contributed by atoms with Crippen molar-refractivity contribution in [2.45, 2.75) is 91.1 Å². The van der Waals surface area contributed by atoms with Crippen LogP contribution in [0.5, 0.6) is 0 Å². The molecule has 3 atom stereocenters. The Morgan fingerprint density at radius 3 is 2.05 bits per heavy atom. The lowest BCUT2D eigenvalue weighted by atomic mass is 9.96. The molecule has 2 rings (SSSR count). The van der Waals surface area contributed by atoms with E-state index in [2.05, 4.69) is 10.6 Å². The Morgan fingerprint density at radius 2 is 1.52 bits per heavy atom. The minimum absolute atomic E-state index is 0.104. The summed E-state index contributed by atoms with van der Waals surface area (Å²) < 4.78 is 10.8. The molecule has 2 aromatic rings. The Labute approximate surface area is 259 Å². The lowest BCUT2D eigenvalue weighted by Gasteiger charge is -2.34. The molecule has 0 saturated heterocycles. The standard InChI is InChI=1S/C33H44N4O7/c1-21-14-15-24(22(2)18-21)27(37(17-16-34)29(40)26(20-38)36-31(42)44-33(6,7)8)28(39)35-25(30(41)43-32(3,4)5)19-23-12-10-9-11-13-23/h9-15,18,25-27,38H,17,19-20H2,1-8H3,(H,35,39)(H,36,42). The first-order chi connectivity index (χ1) is 20.5. The van der Waals surface area contributed by atoms with Crippen molar-refractivity contribution in [3.8, 4) is 6.07 Å². The highest BCUT2D eigenvalue weighted by Crippen LogP contribution is 2.27. The van der Waals surface area contributed by atoms with Gasteiger partial charge in [0.05, 0.1) is 12.7 Å². The number of alkyl carbamates (subject to hydrolysis) is 1. The number of esters is 1. The summed E-state index contributed by atoms with van der Waals surface area (Å²) in [5.41, 5.74) is 0.995. The number of ether oxygens (including phenoxy) is 2. The summed E-state index contributed by atoms with van der Waals surface area (Å²) in [6.07, 6.45) is -0.852. The summed E-state index contributed by atoms with van der Waals surface area (Å²) in [6.45, 7) is 12.3. The van der Waals surface area contributed by atoms with Crippen LogP contribution in [0.3, 0.4) is 0 Å². The molecule has 0 aromatic heterocycles. The maximum Gasteiger partial charge on any atom is 0.408 e. The van der Waals surface area contributed by atoms with Gasteiger partial charge in [-0.05, 0) is 72.1 Å². The number of carbonyl (C=O) groups is 4. The van der Waals surface area contributed by atoms with Gasteiger partial charge in [0.25, 0.3) is 0 Å². The van der Waals surface area contributed by atoms with E-state index in [-0.39, 0.29) is 6.42 Å². The predicted octanol–water partition coefficient (Wildman–Crippen LogP) is 3.65. The number of rotatable bonds is 11. The smallest absolute Gasteiger partial charge is 0.408 e. The minimum atomic E-state index is -1.52. The Morgan fingerprint density at radius 1 is 0.909 bits per heavy atom. The molecule has 2 aromatic carbocycles. The average Bonchev–Trinajstić information content (AvgIpc) is 2.90. The van der Waals surface area contributed by atoms with Gasteiger partial charge in [0.2, 0.25) is 11.8 Å².